The molecule has 2 aromatic carbocycles. The minimum absolute atomic E-state index is 0.0471. The van der Waals surface area contributed by atoms with Crippen molar-refractivity contribution in [3.05, 3.63) is 109 Å². The van der Waals surface area contributed by atoms with E-state index in [-0.39, 0.29) is 17.7 Å². The zero-order chi connectivity index (χ0) is 30.1. The van der Waals surface area contributed by atoms with Gasteiger partial charge in [0, 0.05) is 55.3 Å². The number of hydrogen-bond acceptors (Lipinski definition) is 7. The van der Waals surface area contributed by atoms with Crippen LogP contribution in [0.5, 0.6) is 0 Å². The van der Waals surface area contributed by atoms with Crippen LogP contribution in [0.25, 0.3) is 11.1 Å². The number of benzene rings is 2. The van der Waals surface area contributed by atoms with Crippen LogP contribution in [-0.4, -0.2) is 72.2 Å². The predicted octanol–water partition coefficient (Wildman–Crippen LogP) is 4.90. The Hall–Kier alpha value is -5.35. The molecule has 0 fully saturated rings. The molecule has 0 aliphatic heterocycles. The molecule has 4 aromatic rings. The van der Waals surface area contributed by atoms with Gasteiger partial charge >= 0.3 is 0 Å². The second kappa shape index (κ2) is 13.8. The fraction of sp³-hybridized carbons (Fsp3) is 0.156. The Labute approximate surface area is 245 Å². The second-order valence-electron chi connectivity index (χ2n) is 9.98. The van der Waals surface area contributed by atoms with Crippen LogP contribution in [0.2, 0.25) is 0 Å². The van der Waals surface area contributed by atoms with Gasteiger partial charge in [-0.15, -0.1) is 0 Å². The molecule has 4 rings (SSSR count). The lowest BCUT2D eigenvalue weighted by Gasteiger charge is -2.11. The minimum Gasteiger partial charge on any atom is -0.345 e. The molecule has 3 N–H and O–H groups in total. The molecule has 0 saturated carbocycles. The molecule has 0 aliphatic rings. The van der Waals surface area contributed by atoms with E-state index in [2.05, 4.69) is 25.9 Å². The Balaban J connectivity index is 1.33. The quantitative estimate of drug-likeness (QED) is 0.235. The summed E-state index contributed by atoms with van der Waals surface area (Å²) in [6.07, 6.45) is 8.19. The van der Waals surface area contributed by atoms with E-state index in [4.69, 9.17) is 0 Å². The zero-order valence-electron chi connectivity index (χ0n) is 24.0. The summed E-state index contributed by atoms with van der Waals surface area (Å²) in [6.45, 7) is 0.665. The average Bonchev–Trinajstić information content (AvgIpc) is 2.97. The Morgan fingerprint density at radius 3 is 2.05 bits per heavy atom. The van der Waals surface area contributed by atoms with E-state index >= 15 is 0 Å². The van der Waals surface area contributed by atoms with Crippen LogP contribution in [0.15, 0.2) is 97.5 Å². The summed E-state index contributed by atoms with van der Waals surface area (Å²) >= 11 is 0. The largest absolute Gasteiger partial charge is 0.345 e. The van der Waals surface area contributed by atoms with Gasteiger partial charge < -0.3 is 25.8 Å². The van der Waals surface area contributed by atoms with Crippen molar-refractivity contribution >= 4 is 40.6 Å². The van der Waals surface area contributed by atoms with Gasteiger partial charge in [0.05, 0.1) is 23.8 Å². The zero-order valence-corrected chi connectivity index (χ0v) is 24.0. The number of likely N-dealkylation sites (N-methyl/N-ethyl adjacent to an activating group) is 1. The first-order chi connectivity index (χ1) is 20.2. The summed E-state index contributed by atoms with van der Waals surface area (Å²) in [5, 5.41) is 8.81. The maximum Gasteiger partial charge on any atom is 0.255 e. The molecule has 2 heterocycles. The average molecular weight is 564 g/mol. The molecule has 0 aliphatic carbocycles. The molecule has 214 valence electrons. The SMILES string of the molecule is CN(C)CC=CC(=O)Nc1ccc(C(=O)Nc2cncc(Nc3ccc(-c4ccc(C(=O)N(C)C)cc4)cn3)c2)cc1. The summed E-state index contributed by atoms with van der Waals surface area (Å²) in [6, 6.07) is 19.6. The van der Waals surface area contributed by atoms with Gasteiger partial charge in [-0.05, 0) is 74.3 Å². The van der Waals surface area contributed by atoms with Gasteiger partial charge in [-0.3, -0.25) is 19.4 Å². The van der Waals surface area contributed by atoms with Crippen molar-refractivity contribution in [2.24, 2.45) is 0 Å². The molecule has 3 amide bonds. The number of pyridine rings is 2. The number of rotatable bonds is 10. The second-order valence-corrected chi connectivity index (χ2v) is 9.98. The van der Waals surface area contributed by atoms with Gasteiger partial charge in [-0.1, -0.05) is 18.2 Å². The Bertz CT molecular complexity index is 1560. The third-order valence-corrected chi connectivity index (χ3v) is 6.06. The van der Waals surface area contributed by atoms with E-state index in [0.717, 1.165) is 11.1 Å². The van der Waals surface area contributed by atoms with Crippen molar-refractivity contribution in [2.45, 2.75) is 0 Å². The molecule has 0 atom stereocenters. The van der Waals surface area contributed by atoms with Crippen LogP contribution in [-0.2, 0) is 4.79 Å². The number of anilines is 4. The number of nitrogens with one attached hydrogen (secondary N) is 3. The number of hydrogen-bond donors (Lipinski definition) is 3. The van der Waals surface area contributed by atoms with Crippen molar-refractivity contribution in [3.63, 3.8) is 0 Å². The highest BCUT2D eigenvalue weighted by atomic mass is 16.2. The standard InChI is InChI=1S/C32H33N7O3/c1-38(2)17-5-6-30(40)36-26-14-11-23(12-15-26)31(41)37-28-18-27(20-33-21-28)35-29-16-13-25(19-34-29)22-7-9-24(10-8-22)32(42)39(3)4/h5-16,18-21H,17H2,1-4H3,(H,34,35)(H,36,40)(H,37,41). The number of carbonyl (C=O) groups excluding carboxylic acids is 3. The minimum atomic E-state index is -0.307. The molecule has 0 bridgehead atoms. The Morgan fingerprint density at radius 1 is 0.738 bits per heavy atom. The van der Waals surface area contributed by atoms with Crippen LogP contribution < -0.4 is 16.0 Å². The van der Waals surface area contributed by atoms with E-state index in [0.29, 0.717) is 40.6 Å². The van der Waals surface area contributed by atoms with Gasteiger partial charge in [0.1, 0.15) is 5.82 Å². The highest BCUT2D eigenvalue weighted by molar-refractivity contribution is 6.05. The lowest BCUT2D eigenvalue weighted by Crippen LogP contribution is -2.21. The van der Waals surface area contributed by atoms with Crippen molar-refractivity contribution in [1.29, 1.82) is 0 Å². The van der Waals surface area contributed by atoms with Crippen molar-refractivity contribution < 1.29 is 14.4 Å². The maximum absolute atomic E-state index is 12.8. The van der Waals surface area contributed by atoms with Crippen LogP contribution in [0.3, 0.4) is 0 Å². The molecule has 0 saturated heterocycles. The van der Waals surface area contributed by atoms with Crippen LogP contribution in [0.1, 0.15) is 20.7 Å². The number of carbonyl (C=O) groups is 3. The molecule has 42 heavy (non-hydrogen) atoms. The monoisotopic (exact) mass is 563 g/mol. The Kier molecular flexibility index (Phi) is 9.75. The molecule has 0 unspecified atom stereocenters. The van der Waals surface area contributed by atoms with Crippen LogP contribution in [0.4, 0.5) is 22.9 Å². The number of amides is 3. The summed E-state index contributed by atoms with van der Waals surface area (Å²) in [4.78, 5) is 49.1. The lowest BCUT2D eigenvalue weighted by molar-refractivity contribution is -0.111. The molecule has 0 spiro atoms. The van der Waals surface area contributed by atoms with E-state index in [1.165, 1.54) is 6.08 Å². The van der Waals surface area contributed by atoms with Gasteiger partial charge in [0.25, 0.3) is 11.8 Å². The van der Waals surface area contributed by atoms with Crippen molar-refractivity contribution in [2.75, 3.05) is 50.7 Å². The maximum atomic E-state index is 12.8. The Morgan fingerprint density at radius 2 is 1.40 bits per heavy atom. The van der Waals surface area contributed by atoms with Crippen molar-refractivity contribution in [3.8, 4) is 11.1 Å². The molecule has 10 heteroatoms. The summed E-state index contributed by atoms with van der Waals surface area (Å²) in [7, 11) is 7.29. The third kappa shape index (κ3) is 8.33. The number of nitrogens with zero attached hydrogens (tertiary/aromatic N) is 4. The molecular weight excluding hydrogens is 530 g/mol. The van der Waals surface area contributed by atoms with Gasteiger partial charge in [0.15, 0.2) is 0 Å². The fourth-order valence-corrected chi connectivity index (χ4v) is 3.89. The van der Waals surface area contributed by atoms with Crippen LogP contribution >= 0.6 is 0 Å². The van der Waals surface area contributed by atoms with Gasteiger partial charge in [-0.2, -0.15) is 0 Å². The third-order valence-electron chi connectivity index (χ3n) is 6.06. The topological polar surface area (TPSA) is 120 Å². The fourth-order valence-electron chi connectivity index (χ4n) is 3.89. The summed E-state index contributed by atoms with van der Waals surface area (Å²) in [5.74, 6) is 0.0192. The number of aromatic nitrogens is 2. The van der Waals surface area contributed by atoms with E-state index in [1.807, 2.05) is 43.3 Å². The summed E-state index contributed by atoms with van der Waals surface area (Å²) in [5.41, 5.74) is 4.68. The van der Waals surface area contributed by atoms with E-state index in [1.54, 1.807) is 86.1 Å². The van der Waals surface area contributed by atoms with Gasteiger partial charge in [0.2, 0.25) is 5.91 Å². The molecule has 0 radical (unpaired) electrons. The lowest BCUT2D eigenvalue weighted by atomic mass is 10.1. The first-order valence-electron chi connectivity index (χ1n) is 13.2. The van der Waals surface area contributed by atoms with E-state index < -0.39 is 0 Å². The van der Waals surface area contributed by atoms with Gasteiger partial charge in [-0.25, -0.2) is 4.98 Å². The molecule has 10 nitrogen and oxygen atoms in total. The normalized spacial score (nSPS) is 10.9. The summed E-state index contributed by atoms with van der Waals surface area (Å²) < 4.78 is 0. The first-order valence-corrected chi connectivity index (χ1v) is 13.2. The highest BCUT2D eigenvalue weighted by Crippen LogP contribution is 2.23. The smallest absolute Gasteiger partial charge is 0.255 e. The molecule has 2 aromatic heterocycles. The van der Waals surface area contributed by atoms with E-state index in [9.17, 15) is 14.4 Å². The first kappa shape index (κ1) is 29.6. The predicted molar refractivity (Wildman–Crippen MR) is 166 cm³/mol. The van der Waals surface area contributed by atoms with Crippen molar-refractivity contribution in [1.82, 2.24) is 19.8 Å². The highest BCUT2D eigenvalue weighted by Gasteiger charge is 2.10. The molecular formula is C32H33N7O3. The van der Waals surface area contributed by atoms with Crippen LogP contribution in [0, 0.1) is 0 Å².